The fourth-order valence-corrected chi connectivity index (χ4v) is 2.62. The van der Waals surface area contributed by atoms with Crippen molar-refractivity contribution in [2.45, 2.75) is 45.6 Å². The van der Waals surface area contributed by atoms with Gasteiger partial charge in [-0.1, -0.05) is 6.42 Å². The Kier molecular flexibility index (Phi) is 5.98. The Morgan fingerprint density at radius 2 is 2.19 bits per heavy atom. The maximum absolute atomic E-state index is 5.64. The molecule has 1 atom stereocenters. The average Bonchev–Trinajstić information content (AvgIpc) is 2.45. The monoisotopic (exact) mass is 294 g/mol. The first-order valence-corrected chi connectivity index (χ1v) is 7.81. The Bertz CT molecular complexity index is 441. The summed E-state index contributed by atoms with van der Waals surface area (Å²) < 4.78 is 5.25. The van der Waals surface area contributed by atoms with Crippen molar-refractivity contribution in [3.05, 3.63) is 0 Å². The minimum absolute atomic E-state index is 0.181. The molecule has 1 unspecified atom stereocenters. The van der Waals surface area contributed by atoms with Gasteiger partial charge in [-0.05, 0) is 39.7 Å². The highest BCUT2D eigenvalue weighted by Crippen LogP contribution is 2.16. The van der Waals surface area contributed by atoms with E-state index in [4.69, 9.17) is 10.5 Å². The van der Waals surface area contributed by atoms with E-state index in [1.807, 2.05) is 6.92 Å². The SMILES string of the molecule is CCOc1nc(N)nc(NCCCN2CCCCC2C)n1. The van der Waals surface area contributed by atoms with Crippen molar-refractivity contribution in [2.24, 2.45) is 0 Å². The average molecular weight is 294 g/mol. The summed E-state index contributed by atoms with van der Waals surface area (Å²) in [6, 6.07) is 0.980. The van der Waals surface area contributed by atoms with Gasteiger partial charge in [-0.25, -0.2) is 0 Å². The van der Waals surface area contributed by atoms with Crippen LogP contribution in [-0.4, -0.2) is 52.1 Å². The smallest absolute Gasteiger partial charge is 0.323 e. The van der Waals surface area contributed by atoms with Gasteiger partial charge in [-0.3, -0.25) is 0 Å². The Morgan fingerprint density at radius 1 is 1.33 bits per heavy atom. The van der Waals surface area contributed by atoms with E-state index in [2.05, 4.69) is 32.1 Å². The third-order valence-corrected chi connectivity index (χ3v) is 3.75. The maximum Gasteiger partial charge on any atom is 0.323 e. The second kappa shape index (κ2) is 7.97. The first kappa shape index (κ1) is 15.8. The van der Waals surface area contributed by atoms with Crippen LogP contribution in [0.4, 0.5) is 11.9 Å². The van der Waals surface area contributed by atoms with Crippen LogP contribution in [0.1, 0.15) is 39.5 Å². The fourth-order valence-electron chi connectivity index (χ4n) is 2.62. The number of nitrogen functional groups attached to an aromatic ring is 1. The molecule has 1 fully saturated rings. The summed E-state index contributed by atoms with van der Waals surface area (Å²) in [7, 11) is 0. The van der Waals surface area contributed by atoms with E-state index in [0.717, 1.165) is 19.5 Å². The molecule has 1 aliphatic rings. The lowest BCUT2D eigenvalue weighted by Gasteiger charge is -2.33. The lowest BCUT2D eigenvalue weighted by atomic mass is 10.0. The van der Waals surface area contributed by atoms with Crippen LogP contribution in [0.3, 0.4) is 0 Å². The van der Waals surface area contributed by atoms with E-state index in [-0.39, 0.29) is 12.0 Å². The van der Waals surface area contributed by atoms with E-state index < -0.39 is 0 Å². The van der Waals surface area contributed by atoms with Crippen molar-refractivity contribution >= 4 is 11.9 Å². The molecule has 0 aromatic carbocycles. The maximum atomic E-state index is 5.64. The molecule has 7 nitrogen and oxygen atoms in total. The number of hydrogen-bond donors (Lipinski definition) is 2. The number of likely N-dealkylation sites (tertiary alicyclic amines) is 1. The van der Waals surface area contributed by atoms with Gasteiger partial charge in [0.15, 0.2) is 0 Å². The van der Waals surface area contributed by atoms with Crippen LogP contribution >= 0.6 is 0 Å². The van der Waals surface area contributed by atoms with Gasteiger partial charge >= 0.3 is 6.01 Å². The van der Waals surface area contributed by atoms with Crippen LogP contribution in [0.15, 0.2) is 0 Å². The summed E-state index contributed by atoms with van der Waals surface area (Å²) in [5.74, 6) is 0.665. The van der Waals surface area contributed by atoms with Gasteiger partial charge in [0.25, 0.3) is 0 Å². The minimum Gasteiger partial charge on any atom is -0.464 e. The third-order valence-electron chi connectivity index (χ3n) is 3.75. The predicted octanol–water partition coefficient (Wildman–Crippen LogP) is 1.53. The summed E-state index contributed by atoms with van der Waals surface area (Å²) in [6.45, 7) is 7.84. The van der Waals surface area contributed by atoms with Crippen LogP contribution < -0.4 is 15.8 Å². The molecular weight excluding hydrogens is 268 g/mol. The van der Waals surface area contributed by atoms with Crippen molar-refractivity contribution < 1.29 is 4.74 Å². The molecule has 2 rings (SSSR count). The molecule has 118 valence electrons. The molecule has 0 aliphatic carbocycles. The van der Waals surface area contributed by atoms with Crippen LogP contribution in [0.25, 0.3) is 0 Å². The molecular formula is C14H26N6O. The number of nitrogens with one attached hydrogen (secondary N) is 1. The molecule has 0 amide bonds. The Labute approximate surface area is 126 Å². The summed E-state index contributed by atoms with van der Waals surface area (Å²) in [4.78, 5) is 14.7. The molecule has 1 saturated heterocycles. The van der Waals surface area contributed by atoms with E-state index in [9.17, 15) is 0 Å². The first-order chi connectivity index (χ1) is 10.2. The van der Waals surface area contributed by atoms with E-state index in [1.165, 1.54) is 25.8 Å². The topological polar surface area (TPSA) is 89.2 Å². The van der Waals surface area contributed by atoms with E-state index in [0.29, 0.717) is 18.6 Å². The Balaban J connectivity index is 1.75. The summed E-state index contributed by atoms with van der Waals surface area (Å²) in [6.07, 6.45) is 5.05. The highest BCUT2D eigenvalue weighted by atomic mass is 16.5. The summed E-state index contributed by atoms with van der Waals surface area (Å²) in [5.41, 5.74) is 5.64. The molecule has 0 radical (unpaired) electrons. The number of rotatable bonds is 7. The lowest BCUT2D eigenvalue weighted by molar-refractivity contribution is 0.160. The molecule has 7 heteroatoms. The minimum atomic E-state index is 0.181. The van der Waals surface area contributed by atoms with Crippen LogP contribution in [-0.2, 0) is 0 Å². The van der Waals surface area contributed by atoms with E-state index in [1.54, 1.807) is 0 Å². The second-order valence-electron chi connectivity index (χ2n) is 5.39. The van der Waals surface area contributed by atoms with Crippen LogP contribution in [0.5, 0.6) is 6.01 Å². The van der Waals surface area contributed by atoms with Gasteiger partial charge in [0, 0.05) is 19.1 Å². The summed E-state index contributed by atoms with van der Waals surface area (Å²) in [5, 5.41) is 3.19. The number of anilines is 2. The highest BCUT2D eigenvalue weighted by molar-refractivity contribution is 5.32. The van der Waals surface area contributed by atoms with Crippen LogP contribution in [0, 0.1) is 0 Å². The fraction of sp³-hybridized carbons (Fsp3) is 0.786. The summed E-state index contributed by atoms with van der Waals surface area (Å²) >= 11 is 0. The van der Waals surface area contributed by atoms with Gasteiger partial charge in [-0.2, -0.15) is 15.0 Å². The molecule has 21 heavy (non-hydrogen) atoms. The molecule has 0 spiro atoms. The van der Waals surface area contributed by atoms with Crippen LogP contribution in [0.2, 0.25) is 0 Å². The Hall–Kier alpha value is -1.63. The van der Waals surface area contributed by atoms with Crippen molar-refractivity contribution in [3.63, 3.8) is 0 Å². The van der Waals surface area contributed by atoms with E-state index >= 15 is 0 Å². The van der Waals surface area contributed by atoms with Crippen molar-refractivity contribution in [1.29, 1.82) is 0 Å². The molecule has 1 aromatic rings. The Morgan fingerprint density at radius 3 is 2.95 bits per heavy atom. The first-order valence-electron chi connectivity index (χ1n) is 7.81. The third kappa shape index (κ3) is 5.00. The number of ether oxygens (including phenoxy) is 1. The van der Waals surface area contributed by atoms with Gasteiger partial charge in [0.2, 0.25) is 11.9 Å². The van der Waals surface area contributed by atoms with Crippen molar-refractivity contribution in [2.75, 3.05) is 37.3 Å². The molecule has 2 heterocycles. The normalized spacial score (nSPS) is 19.4. The van der Waals surface area contributed by atoms with Gasteiger partial charge in [0.05, 0.1) is 6.61 Å². The molecule has 0 bridgehead atoms. The number of aromatic nitrogens is 3. The highest BCUT2D eigenvalue weighted by Gasteiger charge is 2.17. The predicted molar refractivity (Wildman–Crippen MR) is 83.4 cm³/mol. The zero-order valence-corrected chi connectivity index (χ0v) is 13.0. The van der Waals surface area contributed by atoms with Gasteiger partial charge in [0.1, 0.15) is 0 Å². The number of hydrogen-bond acceptors (Lipinski definition) is 7. The number of nitrogens with two attached hydrogens (primary N) is 1. The standard InChI is InChI=1S/C14H26N6O/c1-3-21-14-18-12(15)17-13(19-14)16-8-6-10-20-9-5-4-7-11(20)2/h11H,3-10H2,1-2H3,(H3,15,16,17,18,19). The number of nitrogens with zero attached hydrogens (tertiary/aromatic N) is 4. The largest absolute Gasteiger partial charge is 0.464 e. The lowest BCUT2D eigenvalue weighted by Crippen LogP contribution is -2.38. The van der Waals surface area contributed by atoms with Gasteiger partial charge in [-0.15, -0.1) is 0 Å². The second-order valence-corrected chi connectivity index (χ2v) is 5.39. The van der Waals surface area contributed by atoms with Crippen molar-refractivity contribution in [1.82, 2.24) is 19.9 Å². The molecule has 1 aliphatic heterocycles. The molecule has 3 N–H and O–H groups in total. The molecule has 1 aromatic heterocycles. The van der Waals surface area contributed by atoms with Gasteiger partial charge < -0.3 is 20.7 Å². The zero-order valence-electron chi connectivity index (χ0n) is 13.0. The zero-order chi connectivity index (χ0) is 15.1. The van der Waals surface area contributed by atoms with Crippen molar-refractivity contribution in [3.8, 4) is 6.01 Å². The molecule has 0 saturated carbocycles. The quantitative estimate of drug-likeness (QED) is 0.737. The number of piperidine rings is 1.